The van der Waals surface area contributed by atoms with E-state index in [0.29, 0.717) is 19.2 Å². The van der Waals surface area contributed by atoms with Crippen molar-refractivity contribution < 1.29 is 9.53 Å². The number of fused-ring (bicyclic) bond motifs is 1. The minimum absolute atomic E-state index is 0.0124. The summed E-state index contributed by atoms with van der Waals surface area (Å²) in [6.07, 6.45) is 1.72. The molecule has 1 aromatic carbocycles. The Morgan fingerprint density at radius 3 is 2.83 bits per heavy atom. The highest BCUT2D eigenvalue weighted by Crippen LogP contribution is 2.27. The van der Waals surface area contributed by atoms with E-state index in [1.165, 1.54) is 0 Å². The number of hydrogen-bond acceptors (Lipinski definition) is 5. The number of anilines is 1. The Bertz CT molecular complexity index is 744. The average Bonchev–Trinajstić information content (AvgIpc) is 3.39. The molecule has 2 fully saturated rings. The Morgan fingerprint density at radius 2 is 2.04 bits per heavy atom. The maximum absolute atomic E-state index is 12.2. The predicted molar refractivity (Wildman–Crippen MR) is 87.4 cm³/mol. The standard InChI is InChI=1S/C17H20N4O2/c1-11-13-4-2-3-5-14(13)16(20-19-11)21-8-9-23-15(10-21)17(22)18-12-6-7-12/h2-5,12,15H,6-10H2,1H3,(H,18,22). The zero-order valence-electron chi connectivity index (χ0n) is 13.2. The van der Waals surface area contributed by atoms with Gasteiger partial charge in [-0.3, -0.25) is 4.79 Å². The second-order valence-corrected chi connectivity index (χ2v) is 6.24. The Hall–Kier alpha value is -2.21. The number of nitrogens with one attached hydrogen (secondary N) is 1. The number of rotatable bonds is 3. The SMILES string of the molecule is Cc1nnc(N2CCOC(C(=O)NC3CC3)C2)c2ccccc12. The molecule has 2 heterocycles. The number of morpholine rings is 1. The molecule has 4 rings (SSSR count). The molecule has 1 saturated heterocycles. The van der Waals surface area contributed by atoms with Crippen molar-refractivity contribution in [3.8, 4) is 0 Å². The van der Waals surface area contributed by atoms with Gasteiger partial charge in [-0.15, -0.1) is 5.10 Å². The second-order valence-electron chi connectivity index (χ2n) is 6.24. The van der Waals surface area contributed by atoms with Gasteiger partial charge in [0.25, 0.3) is 5.91 Å². The van der Waals surface area contributed by atoms with E-state index in [0.717, 1.165) is 41.7 Å². The van der Waals surface area contributed by atoms with E-state index >= 15 is 0 Å². The third-order valence-electron chi connectivity index (χ3n) is 4.43. The van der Waals surface area contributed by atoms with Gasteiger partial charge in [-0.05, 0) is 19.8 Å². The molecule has 0 spiro atoms. The smallest absolute Gasteiger partial charge is 0.251 e. The van der Waals surface area contributed by atoms with Gasteiger partial charge in [-0.1, -0.05) is 24.3 Å². The quantitative estimate of drug-likeness (QED) is 0.928. The molecule has 120 valence electrons. The highest BCUT2D eigenvalue weighted by Gasteiger charge is 2.32. The van der Waals surface area contributed by atoms with Gasteiger partial charge in [0, 0.05) is 23.4 Å². The summed E-state index contributed by atoms with van der Waals surface area (Å²) >= 11 is 0. The Labute approximate surface area is 134 Å². The lowest BCUT2D eigenvalue weighted by molar-refractivity contribution is -0.133. The molecule has 0 bridgehead atoms. The van der Waals surface area contributed by atoms with Gasteiger partial charge in [-0.2, -0.15) is 5.10 Å². The normalized spacial score (nSPS) is 21.4. The molecule has 1 aliphatic heterocycles. The van der Waals surface area contributed by atoms with Gasteiger partial charge < -0.3 is 15.0 Å². The van der Waals surface area contributed by atoms with Crippen LogP contribution in [0.5, 0.6) is 0 Å². The number of ether oxygens (including phenoxy) is 1. The summed E-state index contributed by atoms with van der Waals surface area (Å²) in [5.41, 5.74) is 0.917. The van der Waals surface area contributed by atoms with Gasteiger partial charge in [-0.25, -0.2) is 0 Å². The summed E-state index contributed by atoms with van der Waals surface area (Å²) in [7, 11) is 0. The molecule has 6 heteroatoms. The van der Waals surface area contributed by atoms with Crippen molar-refractivity contribution >= 4 is 22.5 Å². The van der Waals surface area contributed by atoms with Crippen molar-refractivity contribution in [2.75, 3.05) is 24.6 Å². The van der Waals surface area contributed by atoms with Crippen LogP contribution in [0.2, 0.25) is 0 Å². The van der Waals surface area contributed by atoms with Crippen LogP contribution in [-0.4, -0.2) is 47.9 Å². The van der Waals surface area contributed by atoms with Gasteiger partial charge in [0.05, 0.1) is 18.8 Å². The zero-order chi connectivity index (χ0) is 15.8. The third-order valence-corrected chi connectivity index (χ3v) is 4.43. The third kappa shape index (κ3) is 2.86. The number of benzene rings is 1. The maximum atomic E-state index is 12.2. The molecule has 1 saturated carbocycles. The van der Waals surface area contributed by atoms with E-state index in [9.17, 15) is 4.79 Å². The minimum atomic E-state index is -0.439. The summed E-state index contributed by atoms with van der Waals surface area (Å²) in [6, 6.07) is 8.47. The molecule has 1 unspecified atom stereocenters. The van der Waals surface area contributed by atoms with Gasteiger partial charge in [0.2, 0.25) is 0 Å². The number of aryl methyl sites for hydroxylation is 1. The predicted octanol–water partition coefficient (Wildman–Crippen LogP) is 1.42. The van der Waals surface area contributed by atoms with Crippen LogP contribution in [0, 0.1) is 6.92 Å². The fourth-order valence-electron chi connectivity index (χ4n) is 2.98. The summed E-state index contributed by atoms with van der Waals surface area (Å²) in [4.78, 5) is 14.4. The van der Waals surface area contributed by atoms with E-state index in [-0.39, 0.29) is 5.91 Å². The number of hydrogen-bond donors (Lipinski definition) is 1. The van der Waals surface area contributed by atoms with Gasteiger partial charge in [0.1, 0.15) is 0 Å². The molecule has 6 nitrogen and oxygen atoms in total. The average molecular weight is 312 g/mol. The fraction of sp³-hybridized carbons (Fsp3) is 0.471. The van der Waals surface area contributed by atoms with Crippen LogP contribution in [0.1, 0.15) is 18.5 Å². The van der Waals surface area contributed by atoms with Crippen molar-refractivity contribution in [2.45, 2.75) is 31.9 Å². The molecule has 0 radical (unpaired) electrons. The first-order valence-electron chi connectivity index (χ1n) is 8.11. The molecule has 23 heavy (non-hydrogen) atoms. The Kier molecular flexibility index (Phi) is 3.61. The van der Waals surface area contributed by atoms with Crippen LogP contribution in [0.4, 0.5) is 5.82 Å². The van der Waals surface area contributed by atoms with E-state index in [1.54, 1.807) is 0 Å². The molecule has 1 atom stereocenters. The second kappa shape index (κ2) is 5.77. The lowest BCUT2D eigenvalue weighted by Gasteiger charge is -2.33. The van der Waals surface area contributed by atoms with Gasteiger partial charge >= 0.3 is 0 Å². The lowest BCUT2D eigenvalue weighted by atomic mass is 10.1. The number of carbonyl (C=O) groups is 1. The van der Waals surface area contributed by atoms with Crippen molar-refractivity contribution in [2.24, 2.45) is 0 Å². The molecule has 1 aliphatic carbocycles. The van der Waals surface area contributed by atoms with Crippen molar-refractivity contribution in [1.29, 1.82) is 0 Å². The highest BCUT2D eigenvalue weighted by atomic mass is 16.5. The first-order chi connectivity index (χ1) is 11.2. The molecule has 1 amide bonds. The largest absolute Gasteiger partial charge is 0.365 e. The Morgan fingerprint density at radius 1 is 1.26 bits per heavy atom. The molecular weight excluding hydrogens is 292 g/mol. The summed E-state index contributed by atoms with van der Waals surface area (Å²) < 4.78 is 5.65. The number of amides is 1. The minimum Gasteiger partial charge on any atom is -0.365 e. The van der Waals surface area contributed by atoms with E-state index in [4.69, 9.17) is 4.74 Å². The summed E-state index contributed by atoms with van der Waals surface area (Å²) in [5, 5.41) is 13.9. The van der Waals surface area contributed by atoms with Crippen molar-refractivity contribution in [1.82, 2.24) is 15.5 Å². The first-order valence-corrected chi connectivity index (χ1v) is 8.11. The number of nitrogens with zero attached hydrogens (tertiary/aromatic N) is 3. The maximum Gasteiger partial charge on any atom is 0.251 e. The van der Waals surface area contributed by atoms with Crippen molar-refractivity contribution in [3.63, 3.8) is 0 Å². The Balaban J connectivity index is 1.60. The molecular formula is C17H20N4O2. The highest BCUT2D eigenvalue weighted by molar-refractivity contribution is 5.93. The van der Waals surface area contributed by atoms with Crippen LogP contribution < -0.4 is 10.2 Å². The molecule has 1 N–H and O–H groups in total. The van der Waals surface area contributed by atoms with Crippen LogP contribution in [-0.2, 0) is 9.53 Å². The van der Waals surface area contributed by atoms with Crippen molar-refractivity contribution in [3.05, 3.63) is 30.0 Å². The number of aromatic nitrogens is 2. The topological polar surface area (TPSA) is 67.3 Å². The van der Waals surface area contributed by atoms with E-state index in [1.807, 2.05) is 19.1 Å². The molecule has 2 aliphatic rings. The van der Waals surface area contributed by atoms with Crippen LogP contribution >= 0.6 is 0 Å². The van der Waals surface area contributed by atoms with Crippen LogP contribution in [0.15, 0.2) is 24.3 Å². The number of carbonyl (C=O) groups excluding carboxylic acids is 1. The van der Waals surface area contributed by atoms with E-state index in [2.05, 4.69) is 32.5 Å². The zero-order valence-corrected chi connectivity index (χ0v) is 13.2. The van der Waals surface area contributed by atoms with Crippen LogP contribution in [0.25, 0.3) is 10.8 Å². The fourth-order valence-corrected chi connectivity index (χ4v) is 2.98. The monoisotopic (exact) mass is 312 g/mol. The van der Waals surface area contributed by atoms with E-state index < -0.39 is 6.10 Å². The lowest BCUT2D eigenvalue weighted by Crippen LogP contribution is -2.50. The molecule has 1 aromatic heterocycles. The van der Waals surface area contributed by atoms with Gasteiger partial charge in [0.15, 0.2) is 11.9 Å². The molecule has 2 aromatic rings. The van der Waals surface area contributed by atoms with Crippen LogP contribution in [0.3, 0.4) is 0 Å². The summed E-state index contributed by atoms with van der Waals surface area (Å²) in [5.74, 6) is 0.820. The summed E-state index contributed by atoms with van der Waals surface area (Å²) in [6.45, 7) is 3.71. The first kappa shape index (κ1) is 14.4.